The summed E-state index contributed by atoms with van der Waals surface area (Å²) in [6.07, 6.45) is 7.06. The first kappa shape index (κ1) is 23.5. The van der Waals surface area contributed by atoms with Gasteiger partial charge in [0.15, 0.2) is 0 Å². The topological polar surface area (TPSA) is 139 Å². The molecule has 34 heavy (non-hydrogen) atoms. The van der Waals surface area contributed by atoms with Gasteiger partial charge in [0.25, 0.3) is 0 Å². The molecular formula is C24H25FN6O2S. The summed E-state index contributed by atoms with van der Waals surface area (Å²) in [5.41, 5.74) is 7.38. The van der Waals surface area contributed by atoms with Crippen molar-refractivity contribution in [2.45, 2.75) is 36.8 Å². The lowest BCUT2D eigenvalue weighted by Gasteiger charge is -2.16. The Balaban J connectivity index is 1.52. The number of pyridine rings is 1. The summed E-state index contributed by atoms with van der Waals surface area (Å²) in [5.74, 6) is 1.03. The number of aromatic nitrogens is 3. The van der Waals surface area contributed by atoms with Gasteiger partial charge in [-0.25, -0.2) is 28.3 Å². The van der Waals surface area contributed by atoms with Crippen LogP contribution in [-0.4, -0.2) is 31.1 Å². The van der Waals surface area contributed by atoms with Crippen molar-refractivity contribution in [3.63, 3.8) is 0 Å². The van der Waals surface area contributed by atoms with Gasteiger partial charge in [-0.05, 0) is 56.2 Å². The Morgan fingerprint density at radius 1 is 1.26 bits per heavy atom. The number of hydrogen-bond acceptors (Lipinski definition) is 8. The van der Waals surface area contributed by atoms with E-state index >= 15 is 0 Å². The summed E-state index contributed by atoms with van der Waals surface area (Å²) in [4.78, 5) is 12.8. The summed E-state index contributed by atoms with van der Waals surface area (Å²) in [6, 6.07) is 9.42. The summed E-state index contributed by atoms with van der Waals surface area (Å²) in [7, 11) is -2.99. The van der Waals surface area contributed by atoms with Crippen LogP contribution in [0.25, 0.3) is 5.83 Å². The van der Waals surface area contributed by atoms with E-state index in [9.17, 15) is 8.60 Å². The van der Waals surface area contributed by atoms with Crippen LogP contribution < -0.4 is 10.5 Å². The Morgan fingerprint density at radius 2 is 2.03 bits per heavy atom. The van der Waals surface area contributed by atoms with Crippen LogP contribution in [0.5, 0.6) is 5.75 Å². The zero-order valence-electron chi connectivity index (χ0n) is 18.8. The Labute approximate surface area is 197 Å². The van der Waals surface area contributed by atoms with Gasteiger partial charge in [-0.1, -0.05) is 0 Å². The van der Waals surface area contributed by atoms with Gasteiger partial charge < -0.3 is 15.9 Å². The first-order chi connectivity index (χ1) is 16.1. The lowest BCUT2D eigenvalue weighted by molar-refractivity contribution is 0.221. The van der Waals surface area contributed by atoms with Crippen LogP contribution in [0.1, 0.15) is 54.4 Å². The van der Waals surface area contributed by atoms with E-state index in [4.69, 9.17) is 20.7 Å². The third kappa shape index (κ3) is 5.45. The molecule has 1 fully saturated rings. The first-order valence-corrected chi connectivity index (χ1v) is 12.6. The fraction of sp³-hybridized carbons (Fsp3) is 0.250. The predicted octanol–water partition coefficient (Wildman–Crippen LogP) is 4.89. The average Bonchev–Trinajstić information content (AvgIpc) is 3.65. The highest BCUT2D eigenvalue weighted by Crippen LogP contribution is 2.38. The number of benzene rings is 1. The van der Waals surface area contributed by atoms with Crippen molar-refractivity contribution in [2.75, 3.05) is 12.0 Å². The summed E-state index contributed by atoms with van der Waals surface area (Å²) in [6.45, 7) is 1.88. The highest BCUT2D eigenvalue weighted by Gasteiger charge is 2.27. The van der Waals surface area contributed by atoms with Crippen LogP contribution in [0.4, 0.5) is 10.1 Å². The van der Waals surface area contributed by atoms with Gasteiger partial charge in [-0.15, -0.1) is 0 Å². The number of nitrogens with two attached hydrogens (primary N) is 1. The standard InChI is InChI=1S/C24H25FN6O2S/c1-14(22-9-10-29-24(31-22)15-3-4-15)33-17-6-7-20(26)18(11-17)21(27)12-19(25)16-5-8-23(30-13-16)34(2,28)32/h5-15,27-28H,3-4,26H2,1-2H3/b19-12-,27-21?. The molecule has 0 aliphatic heterocycles. The number of hydrogen-bond donors (Lipinski definition) is 3. The van der Waals surface area contributed by atoms with E-state index in [1.807, 2.05) is 13.0 Å². The smallest absolute Gasteiger partial charge is 0.138 e. The van der Waals surface area contributed by atoms with E-state index in [2.05, 4.69) is 15.0 Å². The molecule has 2 aromatic heterocycles. The zero-order chi connectivity index (χ0) is 24.5. The maximum atomic E-state index is 14.7. The van der Waals surface area contributed by atoms with Gasteiger partial charge in [-0.2, -0.15) is 0 Å². The molecule has 1 aromatic carbocycles. The molecule has 8 nitrogen and oxygen atoms in total. The molecule has 176 valence electrons. The van der Waals surface area contributed by atoms with Gasteiger partial charge in [0.1, 0.15) is 28.5 Å². The Bertz CT molecular complexity index is 1370. The van der Waals surface area contributed by atoms with E-state index in [0.29, 0.717) is 22.9 Å². The van der Waals surface area contributed by atoms with E-state index in [0.717, 1.165) is 30.4 Å². The largest absolute Gasteiger partial charge is 0.484 e. The van der Waals surface area contributed by atoms with Gasteiger partial charge in [0.05, 0.1) is 21.1 Å². The van der Waals surface area contributed by atoms with Gasteiger partial charge in [-0.3, -0.25) is 0 Å². The molecule has 2 heterocycles. The summed E-state index contributed by atoms with van der Waals surface area (Å²) >= 11 is 0. The minimum atomic E-state index is -2.99. The van der Waals surface area contributed by atoms with Crippen LogP contribution in [-0.2, 0) is 9.73 Å². The lowest BCUT2D eigenvalue weighted by Crippen LogP contribution is -2.09. The van der Waals surface area contributed by atoms with Crippen molar-refractivity contribution in [1.29, 1.82) is 10.2 Å². The summed E-state index contributed by atoms with van der Waals surface area (Å²) in [5, 5.41) is 8.41. The molecule has 2 unspecified atom stereocenters. The molecule has 0 spiro atoms. The Hall–Kier alpha value is -3.66. The molecule has 4 N–H and O–H groups in total. The third-order valence-corrected chi connectivity index (χ3v) is 6.40. The van der Waals surface area contributed by atoms with Crippen molar-refractivity contribution >= 4 is 27.0 Å². The van der Waals surface area contributed by atoms with Crippen LogP contribution in [0.3, 0.4) is 0 Å². The van der Waals surface area contributed by atoms with Gasteiger partial charge in [0.2, 0.25) is 0 Å². The second-order valence-electron chi connectivity index (χ2n) is 8.26. The molecular weight excluding hydrogens is 455 g/mol. The maximum Gasteiger partial charge on any atom is 0.138 e. The minimum absolute atomic E-state index is 0.0651. The predicted molar refractivity (Wildman–Crippen MR) is 129 cm³/mol. The van der Waals surface area contributed by atoms with Crippen LogP contribution in [0.15, 0.2) is 59.9 Å². The van der Waals surface area contributed by atoms with Crippen molar-refractivity contribution < 1.29 is 13.3 Å². The van der Waals surface area contributed by atoms with Crippen LogP contribution >= 0.6 is 0 Å². The van der Waals surface area contributed by atoms with Crippen molar-refractivity contribution in [2.24, 2.45) is 0 Å². The number of anilines is 1. The highest BCUT2D eigenvalue weighted by molar-refractivity contribution is 7.91. The normalized spacial score (nSPS) is 16.5. The quantitative estimate of drug-likeness (QED) is 0.310. The monoisotopic (exact) mass is 480 g/mol. The number of halogens is 1. The molecule has 1 aliphatic carbocycles. The Kier molecular flexibility index (Phi) is 6.43. The van der Waals surface area contributed by atoms with Crippen molar-refractivity contribution in [3.05, 3.63) is 77.5 Å². The maximum absolute atomic E-state index is 14.7. The molecule has 3 aromatic rings. The van der Waals surface area contributed by atoms with Crippen LogP contribution in [0.2, 0.25) is 0 Å². The fourth-order valence-electron chi connectivity index (χ4n) is 3.30. The lowest BCUT2D eigenvalue weighted by atomic mass is 10.1. The van der Waals surface area contributed by atoms with E-state index < -0.39 is 15.6 Å². The molecule has 1 saturated carbocycles. The number of nitrogens with one attached hydrogen (secondary N) is 2. The molecule has 0 bridgehead atoms. The van der Waals surface area contributed by atoms with E-state index in [1.54, 1.807) is 24.4 Å². The average molecular weight is 481 g/mol. The van der Waals surface area contributed by atoms with Gasteiger partial charge >= 0.3 is 0 Å². The number of nitrogens with zero attached hydrogens (tertiary/aromatic N) is 3. The van der Waals surface area contributed by atoms with Gasteiger partial charge in [0, 0.05) is 47.5 Å². The third-order valence-electron chi connectivity index (χ3n) is 5.36. The second kappa shape index (κ2) is 9.30. The second-order valence-corrected chi connectivity index (χ2v) is 10.4. The molecule has 4 rings (SSSR count). The first-order valence-electron chi connectivity index (χ1n) is 10.7. The zero-order valence-corrected chi connectivity index (χ0v) is 19.6. The van der Waals surface area contributed by atoms with Crippen molar-refractivity contribution in [1.82, 2.24) is 15.0 Å². The Morgan fingerprint density at radius 3 is 2.68 bits per heavy atom. The number of rotatable bonds is 8. The van der Waals surface area contributed by atoms with Crippen molar-refractivity contribution in [3.8, 4) is 5.75 Å². The highest BCUT2D eigenvalue weighted by atomic mass is 32.2. The molecule has 0 amide bonds. The van der Waals surface area contributed by atoms with Crippen LogP contribution in [0, 0.1) is 10.2 Å². The molecule has 10 heteroatoms. The number of nitrogen functional groups attached to an aromatic ring is 1. The minimum Gasteiger partial charge on any atom is -0.484 e. The van der Waals surface area contributed by atoms with E-state index in [-0.39, 0.29) is 22.4 Å². The SMILES string of the molecule is CC(Oc1ccc(N)c(C(=N)/C=C(\F)c2ccc(S(C)(=N)=O)nc2)c1)c1ccnc(C2CC2)n1. The molecule has 0 saturated heterocycles. The summed E-state index contributed by atoms with van der Waals surface area (Å²) < 4.78 is 40.1. The fourth-order valence-corrected chi connectivity index (χ4v) is 3.88. The number of ether oxygens (including phenoxy) is 1. The number of allylic oxidation sites excluding steroid dienone is 1. The molecule has 1 aliphatic rings. The molecule has 2 atom stereocenters. The van der Waals surface area contributed by atoms with E-state index in [1.165, 1.54) is 24.6 Å². The molecule has 0 radical (unpaired) electrons.